The highest BCUT2D eigenvalue weighted by atomic mass is 32.2. The third kappa shape index (κ3) is 3.47. The van der Waals surface area contributed by atoms with Crippen molar-refractivity contribution in [3.05, 3.63) is 33.9 Å². The van der Waals surface area contributed by atoms with Gasteiger partial charge in [-0.3, -0.25) is 0 Å². The van der Waals surface area contributed by atoms with Gasteiger partial charge in [-0.15, -0.1) is 0 Å². The molecule has 0 bridgehead atoms. The molecule has 0 aromatic rings. The minimum atomic E-state index is -0.879. The van der Waals surface area contributed by atoms with Crippen LogP contribution in [-0.4, -0.2) is 29.3 Å². The second-order valence-electron chi connectivity index (χ2n) is 5.21. The second-order valence-corrected chi connectivity index (χ2v) is 6.21. The van der Waals surface area contributed by atoms with Gasteiger partial charge in [0.15, 0.2) is 0 Å². The summed E-state index contributed by atoms with van der Waals surface area (Å²) in [5, 5.41) is 10.1. The average molecular weight is 307 g/mol. The number of nitrogens with zero attached hydrogens (tertiary/aromatic N) is 1. The Morgan fingerprint density at radius 3 is 2.90 bits per heavy atom. The van der Waals surface area contributed by atoms with Gasteiger partial charge in [0.05, 0.1) is 6.61 Å². The summed E-state index contributed by atoms with van der Waals surface area (Å²) in [6, 6.07) is 0. The van der Waals surface area contributed by atoms with E-state index in [4.69, 9.17) is 4.74 Å². The first kappa shape index (κ1) is 16.0. The number of hydrogen-bond donors (Lipinski definition) is 1. The van der Waals surface area contributed by atoms with Crippen molar-refractivity contribution in [2.45, 2.75) is 33.6 Å². The molecule has 1 unspecified atom stereocenters. The van der Waals surface area contributed by atoms with E-state index < -0.39 is 5.97 Å². The highest BCUT2D eigenvalue weighted by Crippen LogP contribution is 2.41. The predicted octanol–water partition coefficient (Wildman–Crippen LogP) is 3.77. The summed E-state index contributed by atoms with van der Waals surface area (Å²) >= 11 is 1.25. The number of aliphatic carboxylic acids is 1. The third-order valence-electron chi connectivity index (χ3n) is 3.79. The first-order chi connectivity index (χ1) is 10.1. The summed E-state index contributed by atoms with van der Waals surface area (Å²) in [5.74, 6) is -0.515. The molecule has 2 aliphatic heterocycles. The summed E-state index contributed by atoms with van der Waals surface area (Å²) in [5.41, 5.74) is 3.01. The van der Waals surface area contributed by atoms with E-state index in [0.29, 0.717) is 17.4 Å². The van der Waals surface area contributed by atoms with Crippen LogP contribution in [0, 0.1) is 5.92 Å². The van der Waals surface area contributed by atoms with Crippen LogP contribution in [0.4, 0.5) is 0 Å². The second kappa shape index (κ2) is 7.09. The van der Waals surface area contributed by atoms with Gasteiger partial charge in [0, 0.05) is 24.3 Å². The van der Waals surface area contributed by atoms with Crippen molar-refractivity contribution in [1.82, 2.24) is 0 Å². The first-order valence-corrected chi connectivity index (χ1v) is 8.02. The summed E-state index contributed by atoms with van der Waals surface area (Å²) in [6.07, 6.45) is 5.63. The van der Waals surface area contributed by atoms with Gasteiger partial charge in [-0.25, -0.2) is 9.79 Å². The minimum Gasteiger partial charge on any atom is -0.477 e. The summed E-state index contributed by atoms with van der Waals surface area (Å²) < 4.78 is 5.45. The smallest absolute Gasteiger partial charge is 0.342 e. The standard InChI is InChI=1S/C16H21NO3S/c1-4-5-7-17-15-13(10(2)12-6-8-20-9-12)11(3)14(21-15)16(18)19/h5,7,12H,4,6,8-9H2,1-3H3,(H,18,19)/b7-5+,13-10+,17-15-. The van der Waals surface area contributed by atoms with Crippen molar-refractivity contribution in [1.29, 1.82) is 0 Å². The van der Waals surface area contributed by atoms with Gasteiger partial charge in [-0.1, -0.05) is 30.3 Å². The van der Waals surface area contributed by atoms with E-state index in [-0.39, 0.29) is 0 Å². The van der Waals surface area contributed by atoms with Crippen LogP contribution in [0.5, 0.6) is 0 Å². The molecule has 5 heteroatoms. The molecule has 0 radical (unpaired) electrons. The number of allylic oxidation sites excluding steroid dienone is 2. The summed E-state index contributed by atoms with van der Waals surface area (Å²) in [7, 11) is 0. The molecule has 21 heavy (non-hydrogen) atoms. The van der Waals surface area contributed by atoms with Crippen LogP contribution in [0.2, 0.25) is 0 Å². The molecule has 2 rings (SSSR count). The zero-order chi connectivity index (χ0) is 15.4. The Kier molecular flexibility index (Phi) is 5.42. The molecule has 4 nitrogen and oxygen atoms in total. The molecule has 114 valence electrons. The van der Waals surface area contributed by atoms with E-state index in [0.717, 1.165) is 35.6 Å². The predicted molar refractivity (Wildman–Crippen MR) is 86.4 cm³/mol. The molecule has 0 saturated carbocycles. The largest absolute Gasteiger partial charge is 0.477 e. The van der Waals surface area contributed by atoms with E-state index >= 15 is 0 Å². The van der Waals surface area contributed by atoms with Crippen LogP contribution >= 0.6 is 11.8 Å². The Balaban J connectivity index is 2.43. The van der Waals surface area contributed by atoms with Crippen molar-refractivity contribution in [3.63, 3.8) is 0 Å². The molecule has 1 N–H and O–H groups in total. The van der Waals surface area contributed by atoms with Gasteiger partial charge in [-0.05, 0) is 32.3 Å². The molecule has 1 fully saturated rings. The molecule has 0 spiro atoms. The Labute approximate surface area is 129 Å². The minimum absolute atomic E-state index is 0.365. The summed E-state index contributed by atoms with van der Waals surface area (Å²) in [6.45, 7) is 7.48. The van der Waals surface area contributed by atoms with Crippen molar-refractivity contribution in [3.8, 4) is 0 Å². The molecular weight excluding hydrogens is 286 g/mol. The molecule has 0 aromatic heterocycles. The van der Waals surface area contributed by atoms with Gasteiger partial charge in [0.1, 0.15) is 9.95 Å². The Morgan fingerprint density at radius 1 is 1.57 bits per heavy atom. The van der Waals surface area contributed by atoms with Crippen LogP contribution in [0.3, 0.4) is 0 Å². The number of carboxylic acid groups (broad SMARTS) is 1. The fourth-order valence-electron chi connectivity index (χ4n) is 2.56. The molecule has 1 saturated heterocycles. The number of carboxylic acids is 1. The Hall–Kier alpha value is -1.33. The van der Waals surface area contributed by atoms with Gasteiger partial charge in [0.25, 0.3) is 0 Å². The number of thioether (sulfide) groups is 1. The molecule has 1 atom stereocenters. The monoisotopic (exact) mass is 307 g/mol. The SMILES string of the molecule is CC/C=C/N=C1\SC(C(=O)O)=C(C)\C1=C(\C)C1CCOC1. The summed E-state index contributed by atoms with van der Waals surface area (Å²) in [4.78, 5) is 16.2. The lowest BCUT2D eigenvalue weighted by atomic mass is 9.92. The van der Waals surface area contributed by atoms with E-state index in [2.05, 4.69) is 11.9 Å². The van der Waals surface area contributed by atoms with Crippen LogP contribution in [0.15, 0.2) is 38.9 Å². The maximum Gasteiger partial charge on any atom is 0.342 e. The third-order valence-corrected chi connectivity index (χ3v) is 4.98. The zero-order valence-corrected chi connectivity index (χ0v) is 13.5. The van der Waals surface area contributed by atoms with Gasteiger partial charge >= 0.3 is 5.97 Å². The van der Waals surface area contributed by atoms with Gasteiger partial charge in [0.2, 0.25) is 0 Å². The highest BCUT2D eigenvalue weighted by Gasteiger charge is 2.32. The van der Waals surface area contributed by atoms with E-state index in [1.807, 2.05) is 19.9 Å². The molecule has 0 aliphatic carbocycles. The lowest BCUT2D eigenvalue weighted by molar-refractivity contribution is -0.131. The zero-order valence-electron chi connectivity index (χ0n) is 12.7. The number of carbonyl (C=O) groups is 1. The van der Waals surface area contributed by atoms with Gasteiger partial charge in [-0.2, -0.15) is 0 Å². The van der Waals surface area contributed by atoms with Crippen LogP contribution in [0.1, 0.15) is 33.6 Å². The van der Waals surface area contributed by atoms with Crippen LogP contribution in [0.25, 0.3) is 0 Å². The maximum atomic E-state index is 11.4. The molecule has 2 heterocycles. The quantitative estimate of drug-likeness (QED) is 0.859. The van der Waals surface area contributed by atoms with Crippen molar-refractivity contribution >= 4 is 22.8 Å². The number of hydrogen-bond acceptors (Lipinski definition) is 4. The van der Waals surface area contributed by atoms with Crippen molar-refractivity contribution in [2.75, 3.05) is 13.2 Å². The lowest BCUT2D eigenvalue weighted by Crippen LogP contribution is -2.07. The molecule has 0 aromatic carbocycles. The van der Waals surface area contributed by atoms with Crippen molar-refractivity contribution in [2.24, 2.45) is 10.9 Å². The van der Waals surface area contributed by atoms with E-state index in [1.54, 1.807) is 6.20 Å². The average Bonchev–Trinajstić information content (AvgIpc) is 3.06. The molecule has 2 aliphatic rings. The normalized spacial score (nSPS) is 27.2. The molecule has 0 amide bonds. The number of rotatable bonds is 4. The highest BCUT2D eigenvalue weighted by molar-refractivity contribution is 8.19. The maximum absolute atomic E-state index is 11.4. The number of aliphatic imine (C=N–C) groups is 1. The van der Waals surface area contributed by atoms with Crippen molar-refractivity contribution < 1.29 is 14.6 Å². The van der Waals surface area contributed by atoms with E-state index in [1.165, 1.54) is 17.3 Å². The molecular formula is C16H21NO3S. The van der Waals surface area contributed by atoms with E-state index in [9.17, 15) is 9.90 Å². The fraction of sp³-hybridized carbons (Fsp3) is 0.500. The Morgan fingerprint density at radius 2 is 2.33 bits per heavy atom. The number of ether oxygens (including phenoxy) is 1. The van der Waals surface area contributed by atoms with Crippen LogP contribution < -0.4 is 0 Å². The topological polar surface area (TPSA) is 58.9 Å². The lowest BCUT2D eigenvalue weighted by Gasteiger charge is -2.13. The Bertz CT molecular complexity index is 552. The van der Waals surface area contributed by atoms with Gasteiger partial charge < -0.3 is 9.84 Å². The fourth-order valence-corrected chi connectivity index (χ4v) is 3.63. The first-order valence-electron chi connectivity index (χ1n) is 7.20. The van der Waals surface area contributed by atoms with Crippen LogP contribution in [-0.2, 0) is 9.53 Å².